The fourth-order valence-corrected chi connectivity index (χ4v) is 0. The Bertz CT molecular complexity index is 8.00. The second kappa shape index (κ2) is 17.1. The third-order valence-electron chi connectivity index (χ3n) is 0. The summed E-state index contributed by atoms with van der Waals surface area (Å²) in [4.78, 5) is 0. The Morgan fingerprint density at radius 3 is 1.25 bits per heavy atom. The molecule has 0 spiro atoms. The maximum atomic E-state index is 7.94. The number of rotatable bonds is 0. The Morgan fingerprint density at radius 2 is 1.25 bits per heavy atom. The molecule has 23 valence electrons. The van der Waals surface area contributed by atoms with Gasteiger partial charge in [-0.05, 0) is 0 Å². The van der Waals surface area contributed by atoms with E-state index in [0.717, 1.165) is 0 Å². The van der Waals surface area contributed by atoms with Crippen molar-refractivity contribution in [1.82, 2.24) is 0 Å². The van der Waals surface area contributed by atoms with Crippen molar-refractivity contribution < 1.29 is 45.7 Å². The largest absolute Gasteiger partial charge is 0 e. The van der Waals surface area contributed by atoms with Crippen LogP contribution in [0.2, 0.25) is 0 Å². The summed E-state index contributed by atoms with van der Waals surface area (Å²) in [5, 5.41) is 0. The van der Waals surface area contributed by atoms with E-state index in [0.29, 0.717) is 0 Å². The Balaban J connectivity index is -0.00000000500. The standard InChI is InChI=1S/Ba.Co.O.Zr.2H. The maximum Gasteiger partial charge on any atom is 0 e. The molecule has 0 rings (SSSR count). The molecule has 0 amide bonds. The van der Waals surface area contributed by atoms with Gasteiger partial charge in [0.05, 0.1) is 0 Å². The average Bonchev–Trinajstić information content (AvgIpc) is 1.00. The topological polar surface area (TPSA) is 17.1 Å². The van der Waals surface area contributed by atoms with Gasteiger partial charge < -0.3 is 0 Å². The second-order valence-electron chi connectivity index (χ2n) is 0. The molecule has 0 atom stereocenters. The Kier molecular flexibility index (Phi) is 67.9. The second-order valence-corrected chi connectivity index (χ2v) is 0. The molecule has 4 heavy (non-hydrogen) atoms. The first-order valence-electron chi connectivity index (χ1n) is 0.136. The smallest absolute Gasteiger partial charge is 0 e. The normalized spacial score (nSPS) is 1.25. The molecule has 0 radical (unpaired) electrons. The first kappa shape index (κ1) is 15.9. The van der Waals surface area contributed by atoms with E-state index in [-0.39, 0.29) is 75.1 Å². The van der Waals surface area contributed by atoms with Gasteiger partial charge in [-0.25, -0.2) is 0 Å². The molecule has 0 saturated carbocycles. The molecule has 0 unspecified atom stereocenters. The molecule has 0 aliphatic rings. The van der Waals surface area contributed by atoms with Crippen molar-refractivity contribution in [3.05, 3.63) is 0 Å². The summed E-state index contributed by atoms with van der Waals surface area (Å²) in [6.45, 7) is 0. The summed E-state index contributed by atoms with van der Waals surface area (Å²) in [6.07, 6.45) is 0. The van der Waals surface area contributed by atoms with Crippen molar-refractivity contribution in [3.8, 4) is 0 Å². The molecule has 0 N–H and O–H groups in total. The van der Waals surface area contributed by atoms with Crippen LogP contribution in [0.15, 0.2) is 0 Å². The van der Waals surface area contributed by atoms with Gasteiger partial charge in [0.25, 0.3) is 0 Å². The van der Waals surface area contributed by atoms with Gasteiger partial charge in [-0.15, -0.1) is 0 Å². The van der Waals surface area contributed by atoms with Crippen molar-refractivity contribution in [2.24, 2.45) is 0 Å². The van der Waals surface area contributed by atoms with E-state index in [9.17, 15) is 0 Å². The van der Waals surface area contributed by atoms with E-state index in [1.165, 1.54) is 0 Å². The van der Waals surface area contributed by atoms with Gasteiger partial charge in [0.15, 0.2) is 0 Å². The first-order valence-corrected chi connectivity index (χ1v) is 0.561. The third kappa shape index (κ3) is 8.83. The Morgan fingerprint density at radius 1 is 1.25 bits per heavy atom. The fraction of sp³-hybridized carbons (Fsp3) is 0. The summed E-state index contributed by atoms with van der Waals surface area (Å²) in [5.74, 6) is 0. The van der Waals surface area contributed by atoms with Crippen molar-refractivity contribution in [3.63, 3.8) is 0 Å². The van der Waals surface area contributed by atoms with Gasteiger partial charge in [0.1, 0.15) is 0 Å². The molecule has 0 aromatic heterocycles. The molecule has 0 heterocycles. The monoisotopic (exact) mass is 305 g/mol. The Labute approximate surface area is 92.3 Å². The van der Waals surface area contributed by atoms with E-state index >= 15 is 0 Å². The predicted octanol–water partition coefficient (Wildman–Crippen LogP) is -1.04. The molecule has 0 aliphatic heterocycles. The minimum absolute atomic E-state index is 0. The molecule has 0 saturated heterocycles. The molecule has 0 bridgehead atoms. The third-order valence-corrected chi connectivity index (χ3v) is 0. The zero-order valence-corrected chi connectivity index (χ0v) is 4.74. The van der Waals surface area contributed by atoms with Crippen LogP contribution < -0.4 is 0 Å². The van der Waals surface area contributed by atoms with E-state index in [4.69, 9.17) is 3.87 Å². The van der Waals surface area contributed by atoms with Crippen LogP contribution in [-0.2, 0) is 45.7 Å². The summed E-state index contributed by atoms with van der Waals surface area (Å²) in [5.41, 5.74) is 0. The Hall–Kier alpha value is 2.76. The van der Waals surface area contributed by atoms with Crippen molar-refractivity contribution in [2.45, 2.75) is 0 Å². The van der Waals surface area contributed by atoms with Crippen LogP contribution in [0.4, 0.5) is 0 Å². The summed E-state index contributed by atoms with van der Waals surface area (Å²) < 4.78 is 7.94. The van der Waals surface area contributed by atoms with Gasteiger partial charge in [-0.3, -0.25) is 0 Å². The molecule has 0 aromatic rings. The minimum atomic E-state index is 0. The molecule has 0 aromatic carbocycles. The molecule has 1 nitrogen and oxygen atoms in total. The quantitative estimate of drug-likeness (QED) is 0.523. The van der Waals surface area contributed by atoms with Crippen LogP contribution in [0.5, 0.6) is 0 Å². The summed E-state index contributed by atoms with van der Waals surface area (Å²) >= 11 is 2.31. The summed E-state index contributed by atoms with van der Waals surface area (Å²) in [7, 11) is 0. The number of hydrogen-bond donors (Lipinski definition) is 0. The van der Waals surface area contributed by atoms with Gasteiger partial charge in [-0.2, -0.15) is 0 Å². The molecule has 4 heteroatoms. The van der Waals surface area contributed by atoms with Gasteiger partial charge in [0.2, 0.25) is 0 Å². The van der Waals surface area contributed by atoms with E-state index in [1.54, 1.807) is 0 Å². The van der Waals surface area contributed by atoms with Gasteiger partial charge in [-0.1, -0.05) is 0 Å². The SMILES string of the molecule is [BaH2].[O]=[Co].[Zr]. The van der Waals surface area contributed by atoms with Crippen LogP contribution in [0.25, 0.3) is 0 Å². The van der Waals surface area contributed by atoms with E-state index in [2.05, 4.69) is 15.7 Å². The molecular weight excluding hydrogens is 303 g/mol. The minimum Gasteiger partial charge on any atom is 0 e. The molecule has 0 fully saturated rings. The van der Waals surface area contributed by atoms with Crippen LogP contribution in [0.3, 0.4) is 0 Å². The van der Waals surface area contributed by atoms with Gasteiger partial charge in [0, 0.05) is 26.2 Å². The van der Waals surface area contributed by atoms with Crippen LogP contribution >= 0.6 is 0 Å². The van der Waals surface area contributed by atoms with Crippen molar-refractivity contribution in [1.29, 1.82) is 0 Å². The van der Waals surface area contributed by atoms with E-state index < -0.39 is 0 Å². The van der Waals surface area contributed by atoms with Crippen molar-refractivity contribution in [2.75, 3.05) is 0 Å². The molecular formula is H2BaCoOZr. The fourth-order valence-electron chi connectivity index (χ4n) is 0. The number of hydrogen-bond acceptors (Lipinski definition) is 1. The summed E-state index contributed by atoms with van der Waals surface area (Å²) in [6, 6.07) is 0. The average molecular weight is 306 g/mol. The van der Waals surface area contributed by atoms with Crippen LogP contribution in [-0.4, -0.2) is 48.9 Å². The molecule has 0 aliphatic carbocycles. The maximum absolute atomic E-state index is 7.94. The van der Waals surface area contributed by atoms with E-state index in [1.807, 2.05) is 0 Å². The zero-order chi connectivity index (χ0) is 2.00. The van der Waals surface area contributed by atoms with Gasteiger partial charge >= 0.3 is 68.4 Å². The predicted molar refractivity (Wildman–Crippen MR) is 9.23 cm³/mol. The van der Waals surface area contributed by atoms with Crippen molar-refractivity contribution >= 4 is 48.9 Å². The van der Waals surface area contributed by atoms with Crippen LogP contribution in [0, 0.1) is 0 Å². The zero-order valence-electron chi connectivity index (χ0n) is 1.24. The first-order chi connectivity index (χ1) is 1.00. The van der Waals surface area contributed by atoms with Crippen LogP contribution in [0.1, 0.15) is 0 Å².